The number of hydrogen-bond donors (Lipinski definition) is 2. The lowest BCUT2D eigenvalue weighted by molar-refractivity contribution is -0.142. The molecule has 2 N–H and O–H groups in total. The van der Waals surface area contributed by atoms with Crippen LogP contribution in [0.15, 0.2) is 0 Å². The summed E-state index contributed by atoms with van der Waals surface area (Å²) >= 11 is 0. The van der Waals surface area contributed by atoms with E-state index >= 15 is 0 Å². The van der Waals surface area contributed by atoms with E-state index in [1.54, 1.807) is 20.8 Å². The van der Waals surface area contributed by atoms with Gasteiger partial charge in [-0.3, -0.25) is 9.69 Å². The maximum atomic E-state index is 13.0. The number of carbonyl (C=O) groups is 3. The molecule has 1 heterocycles. The molecule has 4 aliphatic carbocycles. The second kappa shape index (κ2) is 11.4. The Kier molecular flexibility index (Phi) is 8.50. The van der Waals surface area contributed by atoms with Gasteiger partial charge in [0, 0.05) is 25.4 Å². The molecule has 4 unspecified atom stereocenters. The van der Waals surface area contributed by atoms with E-state index in [0.29, 0.717) is 29.1 Å². The van der Waals surface area contributed by atoms with Crippen LogP contribution >= 0.6 is 0 Å². The lowest BCUT2D eigenvalue weighted by Gasteiger charge is -2.61. The van der Waals surface area contributed by atoms with Gasteiger partial charge in [0.25, 0.3) is 0 Å². The predicted octanol–water partition coefficient (Wildman–Crippen LogP) is 7.03. The van der Waals surface area contributed by atoms with E-state index in [-0.39, 0.29) is 24.9 Å². The van der Waals surface area contributed by atoms with Crippen LogP contribution in [0.4, 0.5) is 4.79 Å². The molecule has 41 heavy (non-hydrogen) atoms. The van der Waals surface area contributed by atoms with E-state index in [1.807, 2.05) is 0 Å². The summed E-state index contributed by atoms with van der Waals surface area (Å²) in [6.07, 6.45) is 14.9. The third-order valence-corrected chi connectivity index (χ3v) is 12.7. The van der Waals surface area contributed by atoms with E-state index in [9.17, 15) is 19.5 Å². The van der Waals surface area contributed by atoms with Gasteiger partial charge in [-0.2, -0.15) is 0 Å². The van der Waals surface area contributed by atoms with Gasteiger partial charge in [0.05, 0.1) is 0 Å². The van der Waals surface area contributed by atoms with E-state index in [0.717, 1.165) is 30.1 Å². The molecule has 232 valence electrons. The SMILES string of the molecule is C[C@H](CCC(=O)N[C@H]1C[C@@H](C(=O)O)N(C(=O)OC(C)(C)C)C1)[C@H]1CCC2C3CCC4CCCC[C@]4(C)C3CC[C@@]21C. The molecular formula is C34H56N2O5. The fraction of sp³-hybridized carbons (Fsp3) is 0.912. The fourth-order valence-electron chi connectivity index (χ4n) is 10.8. The highest BCUT2D eigenvalue weighted by molar-refractivity contribution is 5.82. The zero-order chi connectivity index (χ0) is 29.7. The molecule has 5 fully saturated rings. The Morgan fingerprint density at radius 3 is 2.41 bits per heavy atom. The molecule has 10 atom stereocenters. The van der Waals surface area contributed by atoms with Crippen LogP contribution in [0.2, 0.25) is 0 Å². The van der Waals surface area contributed by atoms with Gasteiger partial charge in [-0.25, -0.2) is 9.59 Å². The van der Waals surface area contributed by atoms with Gasteiger partial charge in [-0.05, 0) is 125 Å². The van der Waals surface area contributed by atoms with Crippen molar-refractivity contribution in [2.45, 2.75) is 143 Å². The second-order valence-corrected chi connectivity index (χ2v) is 16.1. The van der Waals surface area contributed by atoms with E-state index in [1.165, 1.54) is 69.1 Å². The number of likely N-dealkylation sites (tertiary alicyclic amines) is 1. The standard InChI is InChI=1S/C34H56N2O5/c1-21(10-15-29(37)35-23-19-28(30(38)39)36(20-23)31(40)41-32(2,3)4)25-13-14-26-24-12-11-22-9-7-8-17-33(22,5)27(24)16-18-34(25,26)6/h21-28H,7-20H2,1-6H3,(H,35,37)(H,38,39)/t21-,22?,23+,24?,25-,26?,27?,28+,33+,34-/m1/s1. The van der Waals surface area contributed by atoms with Gasteiger partial charge in [0.2, 0.25) is 5.91 Å². The molecule has 0 bridgehead atoms. The second-order valence-electron chi connectivity index (χ2n) is 16.1. The summed E-state index contributed by atoms with van der Waals surface area (Å²) in [6, 6.07) is -1.35. The van der Waals surface area contributed by atoms with Crippen LogP contribution in [-0.4, -0.2) is 52.2 Å². The molecule has 7 nitrogen and oxygen atoms in total. The number of ether oxygens (including phenoxy) is 1. The molecule has 2 amide bonds. The van der Waals surface area contributed by atoms with Crippen LogP contribution in [0, 0.1) is 46.3 Å². The topological polar surface area (TPSA) is 95.9 Å². The van der Waals surface area contributed by atoms with Gasteiger partial charge in [-0.15, -0.1) is 0 Å². The number of nitrogens with zero attached hydrogens (tertiary/aromatic N) is 1. The van der Waals surface area contributed by atoms with Crippen molar-refractivity contribution in [1.82, 2.24) is 10.2 Å². The molecule has 0 aromatic heterocycles. The van der Waals surface area contributed by atoms with E-state index in [2.05, 4.69) is 26.1 Å². The lowest BCUT2D eigenvalue weighted by Crippen LogP contribution is -2.53. The number of fused-ring (bicyclic) bond motifs is 5. The highest BCUT2D eigenvalue weighted by Gasteiger charge is 2.60. The summed E-state index contributed by atoms with van der Waals surface area (Å²) < 4.78 is 5.42. The van der Waals surface area contributed by atoms with Crippen molar-refractivity contribution >= 4 is 18.0 Å². The quantitative estimate of drug-likeness (QED) is 0.356. The molecule has 1 saturated heterocycles. The molecule has 1 aliphatic heterocycles. The average molecular weight is 573 g/mol. The van der Waals surface area contributed by atoms with Gasteiger partial charge >= 0.3 is 12.1 Å². The Hall–Kier alpha value is -1.79. The van der Waals surface area contributed by atoms with Crippen LogP contribution in [0.5, 0.6) is 0 Å². The summed E-state index contributed by atoms with van der Waals surface area (Å²) in [5.74, 6) is 3.67. The lowest BCUT2D eigenvalue weighted by atomic mass is 9.44. The van der Waals surface area contributed by atoms with Crippen LogP contribution in [0.25, 0.3) is 0 Å². The Labute approximate surface area is 247 Å². The van der Waals surface area contributed by atoms with Crippen molar-refractivity contribution in [2.75, 3.05) is 6.54 Å². The summed E-state index contributed by atoms with van der Waals surface area (Å²) in [5.41, 5.74) is 0.256. The minimum absolute atomic E-state index is 0.0380. The maximum Gasteiger partial charge on any atom is 0.411 e. The first kappa shape index (κ1) is 30.7. The highest BCUT2D eigenvalue weighted by atomic mass is 16.6. The molecule has 0 aromatic carbocycles. The largest absolute Gasteiger partial charge is 0.480 e. The molecule has 0 radical (unpaired) electrons. The first-order valence-electron chi connectivity index (χ1n) is 16.7. The number of nitrogens with one attached hydrogen (secondary N) is 1. The van der Waals surface area contributed by atoms with Crippen molar-refractivity contribution < 1.29 is 24.2 Å². The van der Waals surface area contributed by atoms with Crippen LogP contribution < -0.4 is 5.32 Å². The van der Waals surface area contributed by atoms with Crippen LogP contribution in [0.1, 0.15) is 125 Å². The highest BCUT2D eigenvalue weighted by Crippen LogP contribution is 2.68. The minimum Gasteiger partial charge on any atom is -0.480 e. The van der Waals surface area contributed by atoms with Crippen LogP contribution in [-0.2, 0) is 14.3 Å². The number of aliphatic carboxylic acids is 1. The Bertz CT molecular complexity index is 1010. The van der Waals surface area contributed by atoms with Crippen molar-refractivity contribution in [1.29, 1.82) is 0 Å². The Morgan fingerprint density at radius 1 is 0.976 bits per heavy atom. The van der Waals surface area contributed by atoms with Crippen molar-refractivity contribution in [2.24, 2.45) is 46.3 Å². The molecule has 4 saturated carbocycles. The predicted molar refractivity (Wildman–Crippen MR) is 159 cm³/mol. The van der Waals surface area contributed by atoms with E-state index in [4.69, 9.17) is 4.74 Å². The Morgan fingerprint density at radius 2 is 1.71 bits per heavy atom. The van der Waals surface area contributed by atoms with Gasteiger partial charge in [0.15, 0.2) is 0 Å². The number of carboxylic acids is 1. The summed E-state index contributed by atoms with van der Waals surface area (Å²) in [7, 11) is 0. The van der Waals surface area contributed by atoms with Crippen molar-refractivity contribution in [3.05, 3.63) is 0 Å². The number of carboxylic acid groups (broad SMARTS) is 1. The van der Waals surface area contributed by atoms with Gasteiger partial charge < -0.3 is 15.2 Å². The third-order valence-electron chi connectivity index (χ3n) is 12.7. The smallest absolute Gasteiger partial charge is 0.411 e. The Balaban J connectivity index is 1.14. The first-order valence-corrected chi connectivity index (χ1v) is 16.7. The number of rotatable bonds is 6. The number of hydrogen-bond acceptors (Lipinski definition) is 4. The maximum absolute atomic E-state index is 13.0. The van der Waals surface area contributed by atoms with Crippen LogP contribution in [0.3, 0.4) is 0 Å². The number of carbonyl (C=O) groups excluding carboxylic acids is 2. The molecular weight excluding hydrogens is 516 g/mol. The zero-order valence-electron chi connectivity index (χ0n) is 26.5. The molecule has 5 rings (SSSR count). The van der Waals surface area contributed by atoms with Crippen molar-refractivity contribution in [3.8, 4) is 0 Å². The monoisotopic (exact) mass is 572 g/mol. The van der Waals surface area contributed by atoms with E-state index < -0.39 is 23.7 Å². The minimum atomic E-state index is -1.06. The normalized spacial score (nSPS) is 41.1. The molecule has 0 aromatic rings. The number of amides is 2. The van der Waals surface area contributed by atoms with Crippen molar-refractivity contribution in [3.63, 3.8) is 0 Å². The average Bonchev–Trinajstić information content (AvgIpc) is 3.47. The zero-order valence-corrected chi connectivity index (χ0v) is 26.5. The third kappa shape index (κ3) is 5.89. The fourth-order valence-corrected chi connectivity index (χ4v) is 10.8. The summed E-state index contributed by atoms with van der Waals surface area (Å²) in [4.78, 5) is 38.7. The first-order chi connectivity index (χ1) is 19.2. The molecule has 5 aliphatic rings. The van der Waals surface area contributed by atoms with Gasteiger partial charge in [-0.1, -0.05) is 33.6 Å². The summed E-state index contributed by atoms with van der Waals surface area (Å²) in [6.45, 7) is 13.0. The summed E-state index contributed by atoms with van der Waals surface area (Å²) in [5, 5.41) is 12.7. The van der Waals surface area contributed by atoms with Gasteiger partial charge in [0.1, 0.15) is 11.6 Å². The molecule has 7 heteroatoms. The molecule has 0 spiro atoms.